The average molecular weight is 344 g/mol. The molecule has 0 atom stereocenters. The van der Waals surface area contributed by atoms with Gasteiger partial charge in [-0.3, -0.25) is 4.98 Å². The first-order valence-electron chi connectivity index (χ1n) is 9.51. The van der Waals surface area contributed by atoms with Gasteiger partial charge in [-0.05, 0) is 79.6 Å². The number of rotatable bonds is 1. The van der Waals surface area contributed by atoms with Crippen molar-refractivity contribution in [2.24, 2.45) is 0 Å². The average Bonchev–Trinajstić information content (AvgIpc) is 2.94. The normalized spacial score (nSPS) is 18.9. The van der Waals surface area contributed by atoms with Gasteiger partial charge in [0, 0.05) is 49.0 Å². The van der Waals surface area contributed by atoms with E-state index < -0.39 is 0 Å². The molecule has 0 fully saturated rings. The number of aromatic nitrogens is 3. The third-order valence-electron chi connectivity index (χ3n) is 5.79. The van der Waals surface area contributed by atoms with Crippen molar-refractivity contribution in [1.82, 2.24) is 19.4 Å². The number of aryl methyl sites for hydroxylation is 2. The number of hydrogen-bond donors (Lipinski definition) is 0. The predicted molar refractivity (Wildman–Crippen MR) is 106 cm³/mol. The molecule has 0 bridgehead atoms. The minimum Gasteiger partial charge on any atom is -0.303 e. The molecule has 1 aliphatic carbocycles. The van der Waals surface area contributed by atoms with E-state index in [1.165, 1.54) is 45.3 Å². The molecular formula is C22H24N4. The van der Waals surface area contributed by atoms with Gasteiger partial charge in [0.2, 0.25) is 0 Å². The van der Waals surface area contributed by atoms with E-state index in [9.17, 15) is 0 Å². The molecule has 132 valence electrons. The molecule has 0 amide bonds. The Morgan fingerprint density at radius 2 is 2.08 bits per heavy atom. The smallest absolute Gasteiger partial charge is 0.144 e. The monoisotopic (exact) mass is 344 g/mol. The second-order valence-electron chi connectivity index (χ2n) is 7.71. The second kappa shape index (κ2) is 6.06. The molecule has 0 aromatic carbocycles. The quantitative estimate of drug-likeness (QED) is 0.667. The van der Waals surface area contributed by atoms with E-state index in [1.54, 1.807) is 0 Å². The van der Waals surface area contributed by atoms with E-state index in [2.05, 4.69) is 46.8 Å². The number of hydrogen-bond acceptors (Lipinski definition) is 3. The van der Waals surface area contributed by atoms with Crippen LogP contribution in [0.3, 0.4) is 0 Å². The fourth-order valence-electron chi connectivity index (χ4n) is 4.47. The molecule has 4 heterocycles. The van der Waals surface area contributed by atoms with Gasteiger partial charge in [0.15, 0.2) is 0 Å². The van der Waals surface area contributed by atoms with Crippen LogP contribution in [0, 0.1) is 6.92 Å². The molecule has 3 aromatic rings. The zero-order chi connectivity index (χ0) is 17.7. The molecule has 5 rings (SSSR count). The number of likely N-dealkylation sites (N-methyl/N-ethyl adjacent to an activating group) is 1. The second-order valence-corrected chi connectivity index (χ2v) is 7.71. The minimum absolute atomic E-state index is 0.984. The third kappa shape index (κ3) is 2.48. The molecule has 0 saturated carbocycles. The third-order valence-corrected chi connectivity index (χ3v) is 5.79. The van der Waals surface area contributed by atoms with Crippen LogP contribution in [0.4, 0.5) is 0 Å². The van der Waals surface area contributed by atoms with Gasteiger partial charge in [-0.1, -0.05) is 0 Å². The van der Waals surface area contributed by atoms with E-state index in [0.29, 0.717) is 0 Å². The molecule has 0 radical (unpaired) electrons. The van der Waals surface area contributed by atoms with Crippen LogP contribution in [-0.2, 0) is 19.4 Å². The lowest BCUT2D eigenvalue weighted by molar-refractivity contribution is 0.308. The molecule has 4 heteroatoms. The highest BCUT2D eigenvalue weighted by atomic mass is 15.1. The zero-order valence-corrected chi connectivity index (χ0v) is 15.5. The van der Waals surface area contributed by atoms with Crippen molar-refractivity contribution in [1.29, 1.82) is 0 Å². The van der Waals surface area contributed by atoms with Gasteiger partial charge in [0.25, 0.3) is 0 Å². The van der Waals surface area contributed by atoms with Crippen LogP contribution in [0.2, 0.25) is 0 Å². The topological polar surface area (TPSA) is 34.0 Å². The predicted octanol–water partition coefficient (Wildman–Crippen LogP) is 4.06. The standard InChI is InChI=1S/C22H24N4/c1-15-10-20-19-7-9-25(2)14-21(19)26(22(20)24-11-15)13-17-5-3-4-16-12-23-8-6-18(16)17/h6,8,10-13H,3-5,7,9,14H2,1-2H3/b17-13+. The van der Waals surface area contributed by atoms with E-state index in [0.717, 1.165) is 38.0 Å². The van der Waals surface area contributed by atoms with Gasteiger partial charge >= 0.3 is 0 Å². The summed E-state index contributed by atoms with van der Waals surface area (Å²) in [6.45, 7) is 4.23. The Hall–Kier alpha value is -2.46. The molecule has 0 N–H and O–H groups in total. The van der Waals surface area contributed by atoms with E-state index in [-0.39, 0.29) is 0 Å². The summed E-state index contributed by atoms with van der Waals surface area (Å²) in [6.07, 6.45) is 12.8. The molecule has 0 unspecified atom stereocenters. The van der Waals surface area contributed by atoms with Crippen LogP contribution in [-0.4, -0.2) is 33.0 Å². The Labute approximate surface area is 154 Å². The molecule has 2 aliphatic rings. The largest absolute Gasteiger partial charge is 0.303 e. The summed E-state index contributed by atoms with van der Waals surface area (Å²) in [5.41, 5.74) is 9.36. The summed E-state index contributed by atoms with van der Waals surface area (Å²) in [6, 6.07) is 4.47. The molecule has 0 spiro atoms. The van der Waals surface area contributed by atoms with Crippen LogP contribution in [0.5, 0.6) is 0 Å². The molecular weight excluding hydrogens is 320 g/mol. The summed E-state index contributed by atoms with van der Waals surface area (Å²) < 4.78 is 2.37. The fourth-order valence-corrected chi connectivity index (χ4v) is 4.47. The maximum atomic E-state index is 4.82. The number of pyridine rings is 2. The first kappa shape index (κ1) is 15.8. The number of nitrogens with zero attached hydrogens (tertiary/aromatic N) is 4. The Morgan fingerprint density at radius 3 is 3.00 bits per heavy atom. The molecule has 0 saturated heterocycles. The van der Waals surface area contributed by atoms with Gasteiger partial charge in [0.1, 0.15) is 5.65 Å². The zero-order valence-electron chi connectivity index (χ0n) is 15.5. The highest BCUT2D eigenvalue weighted by molar-refractivity contribution is 5.88. The minimum atomic E-state index is 0.984. The SMILES string of the molecule is Cc1cnc2c(c1)c1c(n2/C=C2\CCCc3cnccc32)CN(C)CC1. The lowest BCUT2D eigenvalue weighted by Crippen LogP contribution is -2.27. The van der Waals surface area contributed by atoms with Crippen molar-refractivity contribution in [3.63, 3.8) is 0 Å². The Morgan fingerprint density at radius 1 is 1.15 bits per heavy atom. The highest BCUT2D eigenvalue weighted by Crippen LogP contribution is 2.34. The fraction of sp³-hybridized carbons (Fsp3) is 0.364. The van der Waals surface area contributed by atoms with Gasteiger partial charge in [-0.2, -0.15) is 0 Å². The summed E-state index contributed by atoms with van der Waals surface area (Å²) in [5.74, 6) is 0. The Balaban J connectivity index is 1.74. The lowest BCUT2D eigenvalue weighted by atomic mass is 9.89. The first-order chi connectivity index (χ1) is 12.7. The molecule has 26 heavy (non-hydrogen) atoms. The van der Waals surface area contributed by atoms with Crippen LogP contribution < -0.4 is 0 Å². The van der Waals surface area contributed by atoms with E-state index in [4.69, 9.17) is 4.98 Å². The van der Waals surface area contributed by atoms with Crippen molar-refractivity contribution in [2.45, 2.75) is 39.2 Å². The lowest BCUT2D eigenvalue weighted by Gasteiger charge is -2.24. The molecule has 1 aliphatic heterocycles. The van der Waals surface area contributed by atoms with Crippen molar-refractivity contribution in [2.75, 3.05) is 13.6 Å². The van der Waals surface area contributed by atoms with Gasteiger partial charge in [-0.25, -0.2) is 4.98 Å². The van der Waals surface area contributed by atoms with Crippen LogP contribution >= 0.6 is 0 Å². The summed E-state index contributed by atoms with van der Waals surface area (Å²) in [7, 11) is 2.21. The highest BCUT2D eigenvalue weighted by Gasteiger charge is 2.23. The molecule has 4 nitrogen and oxygen atoms in total. The summed E-state index contributed by atoms with van der Waals surface area (Å²) in [5, 5.41) is 1.33. The molecule has 3 aromatic heterocycles. The maximum absolute atomic E-state index is 4.82. The number of allylic oxidation sites excluding steroid dienone is 1. The summed E-state index contributed by atoms with van der Waals surface area (Å²) in [4.78, 5) is 11.5. The van der Waals surface area contributed by atoms with Crippen molar-refractivity contribution in [3.05, 3.63) is 58.7 Å². The Bertz CT molecular complexity index is 1030. The van der Waals surface area contributed by atoms with Gasteiger partial charge in [-0.15, -0.1) is 0 Å². The first-order valence-corrected chi connectivity index (χ1v) is 9.51. The van der Waals surface area contributed by atoms with Crippen LogP contribution in [0.25, 0.3) is 22.8 Å². The van der Waals surface area contributed by atoms with Gasteiger partial charge < -0.3 is 9.47 Å². The van der Waals surface area contributed by atoms with Crippen LogP contribution in [0.15, 0.2) is 30.7 Å². The maximum Gasteiger partial charge on any atom is 0.144 e. The van der Waals surface area contributed by atoms with E-state index in [1.807, 2.05) is 18.6 Å². The van der Waals surface area contributed by atoms with Crippen molar-refractivity contribution in [3.8, 4) is 0 Å². The number of fused-ring (bicyclic) bond motifs is 4. The van der Waals surface area contributed by atoms with E-state index >= 15 is 0 Å². The van der Waals surface area contributed by atoms with Crippen molar-refractivity contribution >= 4 is 22.8 Å². The van der Waals surface area contributed by atoms with Gasteiger partial charge in [0.05, 0.1) is 0 Å². The summed E-state index contributed by atoms with van der Waals surface area (Å²) >= 11 is 0. The van der Waals surface area contributed by atoms with Crippen molar-refractivity contribution < 1.29 is 0 Å². The Kier molecular flexibility index (Phi) is 3.68. The van der Waals surface area contributed by atoms with Crippen LogP contribution in [0.1, 0.15) is 40.8 Å².